The second-order valence-electron chi connectivity index (χ2n) is 5.18. The molecule has 2 saturated carbocycles. The largest absolute Gasteiger partial charge is 0.346 e. The first kappa shape index (κ1) is 10.8. The number of rotatable bonds is 5. The molecule has 1 amide bonds. The van der Waals surface area contributed by atoms with Gasteiger partial charge >= 0.3 is 0 Å². The molecule has 1 heterocycles. The Labute approximate surface area is 101 Å². The fourth-order valence-electron chi connectivity index (χ4n) is 2.37. The average Bonchev–Trinajstić information content (AvgIpc) is 3.25. The number of carbonyl (C=O) groups excluding carboxylic acids is 1. The van der Waals surface area contributed by atoms with E-state index in [4.69, 9.17) is 5.73 Å². The minimum absolute atomic E-state index is 0.0317. The quantitative estimate of drug-likeness (QED) is 0.805. The summed E-state index contributed by atoms with van der Waals surface area (Å²) >= 11 is 0. The van der Waals surface area contributed by atoms with Gasteiger partial charge in [-0.2, -0.15) is 0 Å². The van der Waals surface area contributed by atoms with Gasteiger partial charge in [0, 0.05) is 24.8 Å². The van der Waals surface area contributed by atoms with Gasteiger partial charge in [-0.25, -0.2) is 0 Å². The van der Waals surface area contributed by atoms with Crippen molar-refractivity contribution in [3.05, 3.63) is 24.0 Å². The van der Waals surface area contributed by atoms with E-state index in [0.717, 1.165) is 5.69 Å². The van der Waals surface area contributed by atoms with Crippen LogP contribution < -0.4 is 11.1 Å². The third kappa shape index (κ3) is 2.22. The van der Waals surface area contributed by atoms with Crippen LogP contribution in [0.15, 0.2) is 18.3 Å². The SMILES string of the molecule is NCC(NC(=O)c1cccn1C1CC1)C1CC1. The summed E-state index contributed by atoms with van der Waals surface area (Å²) in [6.45, 7) is 0.542. The maximum absolute atomic E-state index is 12.2. The van der Waals surface area contributed by atoms with E-state index in [1.54, 1.807) is 0 Å². The standard InChI is InChI=1S/C13H19N3O/c14-8-11(9-3-4-9)15-13(17)12-2-1-7-16(12)10-5-6-10/h1-2,7,9-11H,3-6,8,14H2,(H,15,17). The monoisotopic (exact) mass is 233 g/mol. The van der Waals surface area contributed by atoms with Gasteiger partial charge in [0.25, 0.3) is 5.91 Å². The molecule has 1 aromatic rings. The van der Waals surface area contributed by atoms with Gasteiger partial charge in [0.1, 0.15) is 5.69 Å². The Morgan fingerprint density at radius 3 is 2.82 bits per heavy atom. The fourth-order valence-corrected chi connectivity index (χ4v) is 2.37. The highest BCUT2D eigenvalue weighted by Gasteiger charge is 2.32. The lowest BCUT2D eigenvalue weighted by Crippen LogP contribution is -2.42. The Morgan fingerprint density at radius 2 is 2.24 bits per heavy atom. The number of amides is 1. The zero-order valence-corrected chi connectivity index (χ0v) is 9.93. The van der Waals surface area contributed by atoms with Crippen molar-refractivity contribution in [2.24, 2.45) is 11.7 Å². The van der Waals surface area contributed by atoms with Gasteiger partial charge in [-0.3, -0.25) is 4.79 Å². The van der Waals surface area contributed by atoms with Gasteiger partial charge in [-0.15, -0.1) is 0 Å². The first-order valence-corrected chi connectivity index (χ1v) is 6.47. The van der Waals surface area contributed by atoms with Crippen LogP contribution in [0.4, 0.5) is 0 Å². The van der Waals surface area contributed by atoms with Crippen LogP contribution in [0.5, 0.6) is 0 Å². The van der Waals surface area contributed by atoms with Gasteiger partial charge in [0.05, 0.1) is 0 Å². The molecule has 0 saturated heterocycles. The zero-order chi connectivity index (χ0) is 11.8. The van der Waals surface area contributed by atoms with E-state index >= 15 is 0 Å². The topological polar surface area (TPSA) is 60.0 Å². The third-order valence-corrected chi connectivity index (χ3v) is 3.71. The fraction of sp³-hybridized carbons (Fsp3) is 0.615. The number of aromatic nitrogens is 1. The zero-order valence-electron chi connectivity index (χ0n) is 9.93. The maximum Gasteiger partial charge on any atom is 0.268 e. The van der Waals surface area contributed by atoms with Crippen LogP contribution in [-0.2, 0) is 0 Å². The van der Waals surface area contributed by atoms with Crippen molar-refractivity contribution in [1.29, 1.82) is 0 Å². The predicted molar refractivity (Wildman–Crippen MR) is 65.7 cm³/mol. The second kappa shape index (κ2) is 4.18. The van der Waals surface area contributed by atoms with Crippen molar-refractivity contribution in [3.63, 3.8) is 0 Å². The van der Waals surface area contributed by atoms with Crippen LogP contribution in [0.3, 0.4) is 0 Å². The molecule has 2 aliphatic carbocycles. The van der Waals surface area contributed by atoms with E-state index in [1.165, 1.54) is 25.7 Å². The lowest BCUT2D eigenvalue weighted by Gasteiger charge is -2.16. The molecule has 1 atom stereocenters. The summed E-state index contributed by atoms with van der Waals surface area (Å²) in [5.41, 5.74) is 6.49. The van der Waals surface area contributed by atoms with Crippen molar-refractivity contribution in [1.82, 2.24) is 9.88 Å². The molecule has 4 nitrogen and oxygen atoms in total. The lowest BCUT2D eigenvalue weighted by atomic mass is 10.2. The highest BCUT2D eigenvalue weighted by molar-refractivity contribution is 5.93. The van der Waals surface area contributed by atoms with Crippen molar-refractivity contribution >= 4 is 5.91 Å². The molecule has 0 spiro atoms. The summed E-state index contributed by atoms with van der Waals surface area (Å²) < 4.78 is 2.09. The first-order valence-electron chi connectivity index (χ1n) is 6.47. The normalized spacial score (nSPS) is 21.2. The molecule has 1 unspecified atom stereocenters. The Bertz CT molecular complexity index is 418. The molecule has 4 heteroatoms. The van der Waals surface area contributed by atoms with Crippen LogP contribution in [0.1, 0.15) is 42.2 Å². The minimum Gasteiger partial charge on any atom is -0.346 e. The Morgan fingerprint density at radius 1 is 1.47 bits per heavy atom. The van der Waals surface area contributed by atoms with Crippen molar-refractivity contribution in [2.45, 2.75) is 37.8 Å². The van der Waals surface area contributed by atoms with Crippen molar-refractivity contribution in [2.75, 3.05) is 6.54 Å². The van der Waals surface area contributed by atoms with E-state index < -0.39 is 0 Å². The summed E-state index contributed by atoms with van der Waals surface area (Å²) in [6, 6.07) is 4.55. The summed E-state index contributed by atoms with van der Waals surface area (Å²) in [7, 11) is 0. The van der Waals surface area contributed by atoms with Crippen LogP contribution in [0, 0.1) is 5.92 Å². The van der Waals surface area contributed by atoms with E-state index in [1.807, 2.05) is 18.3 Å². The van der Waals surface area contributed by atoms with Crippen LogP contribution >= 0.6 is 0 Å². The number of nitrogens with two attached hydrogens (primary N) is 1. The molecular weight excluding hydrogens is 214 g/mol. The van der Waals surface area contributed by atoms with Gasteiger partial charge in [0.15, 0.2) is 0 Å². The molecular formula is C13H19N3O. The molecule has 0 radical (unpaired) electrons. The Balaban J connectivity index is 1.69. The van der Waals surface area contributed by atoms with Gasteiger partial charge in [-0.05, 0) is 43.7 Å². The first-order chi connectivity index (χ1) is 8.29. The minimum atomic E-state index is 0.0317. The molecule has 0 bridgehead atoms. The summed E-state index contributed by atoms with van der Waals surface area (Å²) in [5, 5.41) is 3.07. The molecule has 0 aromatic carbocycles. The van der Waals surface area contributed by atoms with Crippen molar-refractivity contribution < 1.29 is 4.79 Å². The number of hydrogen-bond donors (Lipinski definition) is 2. The van der Waals surface area contributed by atoms with Crippen LogP contribution in [0.25, 0.3) is 0 Å². The summed E-state index contributed by atoms with van der Waals surface area (Å²) in [4.78, 5) is 12.2. The molecule has 2 aliphatic rings. The highest BCUT2D eigenvalue weighted by Crippen LogP contribution is 2.36. The smallest absolute Gasteiger partial charge is 0.268 e. The molecule has 3 rings (SSSR count). The average molecular weight is 233 g/mol. The molecule has 3 N–H and O–H groups in total. The molecule has 0 aliphatic heterocycles. The van der Waals surface area contributed by atoms with E-state index in [2.05, 4.69) is 9.88 Å². The van der Waals surface area contributed by atoms with Crippen LogP contribution in [0.2, 0.25) is 0 Å². The molecule has 92 valence electrons. The van der Waals surface area contributed by atoms with Gasteiger partial charge in [0.2, 0.25) is 0 Å². The van der Waals surface area contributed by atoms with Crippen molar-refractivity contribution in [3.8, 4) is 0 Å². The number of nitrogens with one attached hydrogen (secondary N) is 1. The molecule has 1 aromatic heterocycles. The molecule has 17 heavy (non-hydrogen) atoms. The summed E-state index contributed by atoms with van der Waals surface area (Å²) in [5.74, 6) is 0.637. The Kier molecular flexibility index (Phi) is 2.67. The number of hydrogen-bond acceptors (Lipinski definition) is 2. The third-order valence-electron chi connectivity index (χ3n) is 3.71. The highest BCUT2D eigenvalue weighted by atomic mass is 16.2. The van der Waals surface area contributed by atoms with E-state index in [9.17, 15) is 4.79 Å². The second-order valence-corrected chi connectivity index (χ2v) is 5.18. The van der Waals surface area contributed by atoms with Crippen LogP contribution in [-0.4, -0.2) is 23.1 Å². The predicted octanol–water partition coefficient (Wildman–Crippen LogP) is 1.29. The number of nitrogens with zero attached hydrogens (tertiary/aromatic N) is 1. The molecule has 2 fully saturated rings. The lowest BCUT2D eigenvalue weighted by molar-refractivity contribution is 0.0924. The maximum atomic E-state index is 12.2. The van der Waals surface area contributed by atoms with E-state index in [-0.39, 0.29) is 11.9 Å². The number of carbonyl (C=O) groups is 1. The Hall–Kier alpha value is -1.29. The van der Waals surface area contributed by atoms with E-state index in [0.29, 0.717) is 18.5 Å². The summed E-state index contributed by atoms with van der Waals surface area (Å²) in [6.07, 6.45) is 6.79. The van der Waals surface area contributed by atoms with Gasteiger partial charge in [-0.1, -0.05) is 0 Å². The van der Waals surface area contributed by atoms with Gasteiger partial charge < -0.3 is 15.6 Å².